The SMILES string of the molecule is CCOCCCNC1CCCC(SC)C1. The van der Waals surface area contributed by atoms with E-state index in [0.717, 1.165) is 37.5 Å². The molecule has 15 heavy (non-hydrogen) atoms. The van der Waals surface area contributed by atoms with E-state index in [9.17, 15) is 0 Å². The Balaban J connectivity index is 2.00. The molecule has 2 unspecified atom stereocenters. The smallest absolute Gasteiger partial charge is 0.0477 e. The van der Waals surface area contributed by atoms with Gasteiger partial charge in [0.15, 0.2) is 0 Å². The van der Waals surface area contributed by atoms with Crippen LogP contribution in [0.5, 0.6) is 0 Å². The normalized spacial score (nSPS) is 26.8. The van der Waals surface area contributed by atoms with Crippen LogP contribution in [0.2, 0.25) is 0 Å². The Kier molecular flexibility index (Phi) is 7.49. The van der Waals surface area contributed by atoms with E-state index in [1.165, 1.54) is 25.7 Å². The fourth-order valence-electron chi connectivity index (χ4n) is 2.17. The van der Waals surface area contributed by atoms with E-state index in [0.29, 0.717) is 0 Å². The monoisotopic (exact) mass is 231 g/mol. The van der Waals surface area contributed by atoms with Crippen molar-refractivity contribution < 1.29 is 4.74 Å². The molecule has 2 nitrogen and oxygen atoms in total. The molecule has 0 aliphatic heterocycles. The summed E-state index contributed by atoms with van der Waals surface area (Å²) in [5.74, 6) is 0. The van der Waals surface area contributed by atoms with Crippen LogP contribution in [0.25, 0.3) is 0 Å². The Morgan fingerprint density at radius 3 is 3.00 bits per heavy atom. The van der Waals surface area contributed by atoms with Crippen LogP contribution in [0.1, 0.15) is 39.0 Å². The molecule has 1 aliphatic carbocycles. The summed E-state index contributed by atoms with van der Waals surface area (Å²) < 4.78 is 5.32. The molecule has 0 aromatic rings. The lowest BCUT2D eigenvalue weighted by molar-refractivity contribution is 0.143. The van der Waals surface area contributed by atoms with E-state index >= 15 is 0 Å². The number of ether oxygens (including phenoxy) is 1. The van der Waals surface area contributed by atoms with Crippen molar-refractivity contribution in [1.82, 2.24) is 5.32 Å². The van der Waals surface area contributed by atoms with Crippen LogP contribution in [0, 0.1) is 0 Å². The molecule has 3 heteroatoms. The molecular formula is C12H25NOS. The van der Waals surface area contributed by atoms with Crippen molar-refractivity contribution in [2.45, 2.75) is 50.3 Å². The summed E-state index contributed by atoms with van der Waals surface area (Å²) in [6, 6.07) is 0.762. The highest BCUT2D eigenvalue weighted by Gasteiger charge is 2.20. The molecule has 0 radical (unpaired) electrons. The van der Waals surface area contributed by atoms with Crippen LogP contribution in [0.4, 0.5) is 0 Å². The number of nitrogens with one attached hydrogen (secondary N) is 1. The second kappa shape index (κ2) is 8.43. The molecule has 90 valence electrons. The molecular weight excluding hydrogens is 206 g/mol. The quantitative estimate of drug-likeness (QED) is 0.681. The van der Waals surface area contributed by atoms with E-state index in [1.54, 1.807) is 0 Å². The Bertz CT molecular complexity index is 155. The maximum absolute atomic E-state index is 5.32. The summed E-state index contributed by atoms with van der Waals surface area (Å²) in [7, 11) is 0. The molecule has 0 heterocycles. The van der Waals surface area contributed by atoms with E-state index < -0.39 is 0 Å². The molecule has 1 N–H and O–H groups in total. The molecule has 0 amide bonds. The van der Waals surface area contributed by atoms with Gasteiger partial charge in [0, 0.05) is 24.5 Å². The zero-order valence-electron chi connectivity index (χ0n) is 10.1. The number of hydrogen-bond acceptors (Lipinski definition) is 3. The minimum absolute atomic E-state index is 0.762. The standard InChI is InChI=1S/C12H25NOS/c1-3-14-9-5-8-13-11-6-4-7-12(10-11)15-2/h11-13H,3-10H2,1-2H3. The third-order valence-corrected chi connectivity index (χ3v) is 4.16. The molecule has 1 fully saturated rings. The first-order chi connectivity index (χ1) is 7.36. The van der Waals surface area contributed by atoms with Crippen LogP contribution in [0.15, 0.2) is 0 Å². The van der Waals surface area contributed by atoms with Gasteiger partial charge in [-0.3, -0.25) is 0 Å². The maximum Gasteiger partial charge on any atom is 0.0477 e. The van der Waals surface area contributed by atoms with Crippen molar-refractivity contribution in [2.24, 2.45) is 0 Å². The third-order valence-electron chi connectivity index (χ3n) is 3.06. The Morgan fingerprint density at radius 1 is 1.40 bits per heavy atom. The van der Waals surface area contributed by atoms with Gasteiger partial charge in [-0.2, -0.15) is 11.8 Å². The summed E-state index contributed by atoms with van der Waals surface area (Å²) in [6.45, 7) is 4.92. The molecule has 0 aromatic heterocycles. The Morgan fingerprint density at radius 2 is 2.27 bits per heavy atom. The molecule has 0 bridgehead atoms. The summed E-state index contributed by atoms with van der Waals surface area (Å²) >= 11 is 2.03. The highest BCUT2D eigenvalue weighted by Crippen LogP contribution is 2.26. The van der Waals surface area contributed by atoms with Crippen LogP contribution < -0.4 is 5.32 Å². The second-order valence-corrected chi connectivity index (χ2v) is 5.36. The Hall–Kier alpha value is 0.270. The van der Waals surface area contributed by atoms with Crippen LogP contribution in [-0.2, 0) is 4.74 Å². The molecule has 0 aromatic carbocycles. The third kappa shape index (κ3) is 5.79. The first-order valence-electron chi connectivity index (χ1n) is 6.20. The highest BCUT2D eigenvalue weighted by molar-refractivity contribution is 7.99. The number of hydrogen-bond donors (Lipinski definition) is 1. The van der Waals surface area contributed by atoms with E-state index in [4.69, 9.17) is 4.74 Å². The van der Waals surface area contributed by atoms with Crippen LogP contribution in [-0.4, -0.2) is 37.3 Å². The number of rotatable bonds is 7. The molecule has 1 aliphatic rings. The summed E-state index contributed by atoms with van der Waals surface area (Å²) in [5, 5.41) is 4.54. The number of thioether (sulfide) groups is 1. The molecule has 1 rings (SSSR count). The van der Waals surface area contributed by atoms with Crippen molar-refractivity contribution in [1.29, 1.82) is 0 Å². The van der Waals surface area contributed by atoms with Gasteiger partial charge in [-0.05, 0) is 45.4 Å². The average Bonchev–Trinajstić information content (AvgIpc) is 2.29. The average molecular weight is 231 g/mol. The summed E-state index contributed by atoms with van der Waals surface area (Å²) in [5.41, 5.74) is 0. The van der Waals surface area contributed by atoms with E-state index in [2.05, 4.69) is 18.5 Å². The van der Waals surface area contributed by atoms with Gasteiger partial charge in [-0.25, -0.2) is 0 Å². The van der Waals surface area contributed by atoms with Crippen molar-refractivity contribution >= 4 is 11.8 Å². The lowest BCUT2D eigenvalue weighted by Crippen LogP contribution is -2.35. The van der Waals surface area contributed by atoms with Crippen LogP contribution in [0.3, 0.4) is 0 Å². The zero-order chi connectivity index (χ0) is 10.9. The lowest BCUT2D eigenvalue weighted by Gasteiger charge is -2.28. The molecule has 2 atom stereocenters. The fraction of sp³-hybridized carbons (Fsp3) is 1.00. The zero-order valence-corrected chi connectivity index (χ0v) is 10.9. The fourth-order valence-corrected chi connectivity index (χ4v) is 3.00. The molecule has 0 saturated heterocycles. The first-order valence-corrected chi connectivity index (χ1v) is 7.49. The largest absolute Gasteiger partial charge is 0.382 e. The van der Waals surface area contributed by atoms with Crippen LogP contribution >= 0.6 is 11.8 Å². The van der Waals surface area contributed by atoms with Crippen molar-refractivity contribution in [3.63, 3.8) is 0 Å². The van der Waals surface area contributed by atoms with Gasteiger partial charge in [0.25, 0.3) is 0 Å². The van der Waals surface area contributed by atoms with E-state index in [1.807, 2.05) is 11.8 Å². The Labute approximate surface area is 98.5 Å². The summed E-state index contributed by atoms with van der Waals surface area (Å²) in [6.07, 6.45) is 8.92. The summed E-state index contributed by atoms with van der Waals surface area (Å²) in [4.78, 5) is 0. The van der Waals surface area contributed by atoms with Crippen molar-refractivity contribution in [3.05, 3.63) is 0 Å². The maximum atomic E-state index is 5.32. The predicted octanol–water partition coefficient (Wildman–Crippen LogP) is 2.68. The molecule has 0 spiro atoms. The topological polar surface area (TPSA) is 21.3 Å². The van der Waals surface area contributed by atoms with E-state index in [-0.39, 0.29) is 0 Å². The van der Waals surface area contributed by atoms with Gasteiger partial charge < -0.3 is 10.1 Å². The second-order valence-electron chi connectivity index (χ2n) is 4.23. The van der Waals surface area contributed by atoms with Gasteiger partial charge in [-0.15, -0.1) is 0 Å². The van der Waals surface area contributed by atoms with Gasteiger partial charge in [0.2, 0.25) is 0 Å². The lowest BCUT2D eigenvalue weighted by atomic mass is 9.95. The van der Waals surface area contributed by atoms with Gasteiger partial charge in [-0.1, -0.05) is 6.42 Å². The van der Waals surface area contributed by atoms with Gasteiger partial charge in [0.1, 0.15) is 0 Å². The van der Waals surface area contributed by atoms with Gasteiger partial charge in [0.05, 0.1) is 0 Å². The van der Waals surface area contributed by atoms with Crippen molar-refractivity contribution in [2.75, 3.05) is 26.0 Å². The predicted molar refractivity (Wildman–Crippen MR) is 68.7 cm³/mol. The van der Waals surface area contributed by atoms with Crippen molar-refractivity contribution in [3.8, 4) is 0 Å². The first kappa shape index (κ1) is 13.3. The minimum atomic E-state index is 0.762. The minimum Gasteiger partial charge on any atom is -0.382 e. The highest BCUT2D eigenvalue weighted by atomic mass is 32.2. The van der Waals surface area contributed by atoms with Gasteiger partial charge >= 0.3 is 0 Å². The molecule has 1 saturated carbocycles.